The molecule has 0 aliphatic rings. The van der Waals surface area contributed by atoms with E-state index in [4.69, 9.17) is 16.7 Å². The predicted octanol–water partition coefficient (Wildman–Crippen LogP) is 3.26. The molecule has 0 spiro atoms. The Morgan fingerprint density at radius 3 is 2.71 bits per heavy atom. The molecule has 0 bridgehead atoms. The molecule has 1 aromatic heterocycles. The molecular formula is C11H6BrClN2O2. The smallest absolute Gasteiger partial charge is 0.335 e. The fourth-order valence-corrected chi connectivity index (χ4v) is 1.91. The van der Waals surface area contributed by atoms with Gasteiger partial charge in [0, 0.05) is 5.56 Å². The Morgan fingerprint density at radius 1 is 1.35 bits per heavy atom. The summed E-state index contributed by atoms with van der Waals surface area (Å²) in [5.41, 5.74) is 1.37. The van der Waals surface area contributed by atoms with Crippen molar-refractivity contribution >= 4 is 33.5 Å². The Labute approximate surface area is 110 Å². The molecule has 17 heavy (non-hydrogen) atoms. The summed E-state index contributed by atoms with van der Waals surface area (Å²) in [4.78, 5) is 18.9. The molecule has 4 nitrogen and oxygen atoms in total. The number of carboxylic acid groups (broad SMARTS) is 1. The maximum atomic E-state index is 10.8. The zero-order chi connectivity index (χ0) is 12.4. The third-order valence-corrected chi connectivity index (χ3v) is 2.79. The van der Waals surface area contributed by atoms with Gasteiger partial charge in [0.05, 0.1) is 28.7 Å². The first-order chi connectivity index (χ1) is 8.08. The number of hydrogen-bond donors (Lipinski definition) is 1. The van der Waals surface area contributed by atoms with Crippen LogP contribution in [0.4, 0.5) is 0 Å². The van der Waals surface area contributed by atoms with Crippen LogP contribution in [-0.4, -0.2) is 21.0 Å². The van der Waals surface area contributed by atoms with E-state index in [1.807, 2.05) is 0 Å². The molecule has 6 heteroatoms. The second-order valence-corrected chi connectivity index (χ2v) is 4.45. The van der Waals surface area contributed by atoms with Gasteiger partial charge >= 0.3 is 5.97 Å². The van der Waals surface area contributed by atoms with Crippen LogP contribution < -0.4 is 0 Å². The van der Waals surface area contributed by atoms with E-state index in [0.717, 1.165) is 0 Å². The lowest BCUT2D eigenvalue weighted by Crippen LogP contribution is -1.96. The van der Waals surface area contributed by atoms with E-state index in [0.29, 0.717) is 20.9 Å². The summed E-state index contributed by atoms with van der Waals surface area (Å²) in [7, 11) is 0. The maximum absolute atomic E-state index is 10.8. The summed E-state index contributed by atoms with van der Waals surface area (Å²) >= 11 is 9.22. The average molecular weight is 314 g/mol. The Morgan fingerprint density at radius 2 is 2.12 bits per heavy atom. The summed E-state index contributed by atoms with van der Waals surface area (Å²) in [6.45, 7) is 0. The highest BCUT2D eigenvalue weighted by Gasteiger charge is 2.10. The highest BCUT2D eigenvalue weighted by atomic mass is 79.9. The van der Waals surface area contributed by atoms with Crippen LogP contribution in [0.5, 0.6) is 0 Å². The first-order valence-corrected chi connectivity index (χ1v) is 5.76. The number of carboxylic acids is 1. The van der Waals surface area contributed by atoms with Gasteiger partial charge in [0.25, 0.3) is 0 Å². The third kappa shape index (κ3) is 2.62. The second-order valence-electron chi connectivity index (χ2n) is 3.23. The van der Waals surface area contributed by atoms with Gasteiger partial charge in [0.2, 0.25) is 0 Å². The number of rotatable bonds is 2. The Hall–Kier alpha value is -1.46. The van der Waals surface area contributed by atoms with E-state index in [-0.39, 0.29) is 5.56 Å². The Balaban J connectivity index is 2.50. The Kier molecular flexibility index (Phi) is 3.40. The number of aromatic nitrogens is 2. The minimum absolute atomic E-state index is 0.140. The first kappa shape index (κ1) is 12.0. The monoisotopic (exact) mass is 312 g/mol. The maximum Gasteiger partial charge on any atom is 0.335 e. The SMILES string of the molecule is O=C(O)c1ccc(-c2cncc(Br)n2)c(Cl)c1. The quantitative estimate of drug-likeness (QED) is 0.924. The zero-order valence-corrected chi connectivity index (χ0v) is 10.7. The van der Waals surface area contributed by atoms with Gasteiger partial charge in [-0.15, -0.1) is 0 Å². The summed E-state index contributed by atoms with van der Waals surface area (Å²) in [6.07, 6.45) is 3.12. The molecule has 0 atom stereocenters. The molecule has 86 valence electrons. The van der Waals surface area contributed by atoms with Crippen LogP contribution in [0.1, 0.15) is 10.4 Å². The molecule has 2 rings (SSSR count). The van der Waals surface area contributed by atoms with Crippen molar-refractivity contribution in [3.63, 3.8) is 0 Å². The van der Waals surface area contributed by atoms with E-state index in [1.54, 1.807) is 18.5 Å². The van der Waals surface area contributed by atoms with Crippen LogP contribution in [0.25, 0.3) is 11.3 Å². The molecule has 0 amide bonds. The van der Waals surface area contributed by atoms with Crippen LogP contribution in [0.3, 0.4) is 0 Å². The molecule has 0 saturated carbocycles. The normalized spacial score (nSPS) is 10.2. The van der Waals surface area contributed by atoms with Crippen LogP contribution in [0.2, 0.25) is 5.02 Å². The number of aromatic carboxylic acids is 1. The molecule has 0 fully saturated rings. The van der Waals surface area contributed by atoms with Crippen molar-refractivity contribution in [1.82, 2.24) is 9.97 Å². The number of carbonyl (C=O) groups is 1. The van der Waals surface area contributed by atoms with Crippen LogP contribution in [0, 0.1) is 0 Å². The van der Waals surface area contributed by atoms with Crippen molar-refractivity contribution in [3.05, 3.63) is 45.8 Å². The highest BCUT2D eigenvalue weighted by molar-refractivity contribution is 9.10. The zero-order valence-electron chi connectivity index (χ0n) is 8.39. The minimum Gasteiger partial charge on any atom is -0.478 e. The second kappa shape index (κ2) is 4.81. The predicted molar refractivity (Wildman–Crippen MR) is 67.1 cm³/mol. The van der Waals surface area contributed by atoms with Gasteiger partial charge in [-0.2, -0.15) is 0 Å². The number of hydrogen-bond acceptors (Lipinski definition) is 3. The van der Waals surface area contributed by atoms with E-state index in [9.17, 15) is 4.79 Å². The lowest BCUT2D eigenvalue weighted by Gasteiger charge is -2.04. The van der Waals surface area contributed by atoms with Crippen LogP contribution in [-0.2, 0) is 0 Å². The standard InChI is InChI=1S/C11H6BrClN2O2/c12-10-5-14-4-9(15-10)7-2-1-6(11(16)17)3-8(7)13/h1-5H,(H,16,17). The summed E-state index contributed by atoms with van der Waals surface area (Å²) in [5, 5.41) is 9.15. The van der Waals surface area contributed by atoms with E-state index < -0.39 is 5.97 Å². The van der Waals surface area contributed by atoms with E-state index in [1.165, 1.54) is 12.1 Å². The summed E-state index contributed by atoms with van der Waals surface area (Å²) in [6, 6.07) is 4.48. The first-order valence-electron chi connectivity index (χ1n) is 4.58. The van der Waals surface area contributed by atoms with Crippen molar-refractivity contribution in [2.75, 3.05) is 0 Å². The average Bonchev–Trinajstić information content (AvgIpc) is 2.28. The lowest BCUT2D eigenvalue weighted by atomic mass is 10.1. The molecule has 1 aromatic carbocycles. The molecule has 0 radical (unpaired) electrons. The largest absolute Gasteiger partial charge is 0.478 e. The lowest BCUT2D eigenvalue weighted by molar-refractivity contribution is 0.0697. The van der Waals surface area contributed by atoms with Gasteiger partial charge < -0.3 is 5.11 Å². The third-order valence-electron chi connectivity index (χ3n) is 2.10. The minimum atomic E-state index is -1.02. The van der Waals surface area contributed by atoms with E-state index >= 15 is 0 Å². The summed E-state index contributed by atoms with van der Waals surface area (Å²) in [5.74, 6) is -1.02. The fraction of sp³-hybridized carbons (Fsp3) is 0. The van der Waals surface area contributed by atoms with Crippen molar-refractivity contribution in [1.29, 1.82) is 0 Å². The molecule has 1 heterocycles. The van der Waals surface area contributed by atoms with Gasteiger partial charge in [0.15, 0.2) is 0 Å². The molecule has 0 unspecified atom stereocenters. The van der Waals surface area contributed by atoms with Crippen molar-refractivity contribution < 1.29 is 9.90 Å². The van der Waals surface area contributed by atoms with Gasteiger partial charge in [-0.05, 0) is 28.1 Å². The number of halogens is 2. The van der Waals surface area contributed by atoms with E-state index in [2.05, 4.69) is 25.9 Å². The fourth-order valence-electron chi connectivity index (χ4n) is 1.33. The van der Waals surface area contributed by atoms with Gasteiger partial charge in [-0.1, -0.05) is 17.7 Å². The van der Waals surface area contributed by atoms with Crippen molar-refractivity contribution in [2.45, 2.75) is 0 Å². The van der Waals surface area contributed by atoms with Crippen LogP contribution >= 0.6 is 27.5 Å². The topological polar surface area (TPSA) is 63.1 Å². The molecule has 1 N–H and O–H groups in total. The Bertz CT molecular complexity index is 589. The van der Waals surface area contributed by atoms with Crippen molar-refractivity contribution in [3.8, 4) is 11.3 Å². The van der Waals surface area contributed by atoms with Crippen molar-refractivity contribution in [2.24, 2.45) is 0 Å². The molecule has 0 saturated heterocycles. The molecule has 0 aliphatic heterocycles. The summed E-state index contributed by atoms with van der Waals surface area (Å²) < 4.78 is 0.591. The molecular weight excluding hydrogens is 307 g/mol. The van der Waals surface area contributed by atoms with Gasteiger partial charge in [-0.25, -0.2) is 9.78 Å². The van der Waals surface area contributed by atoms with Crippen LogP contribution in [0.15, 0.2) is 35.2 Å². The van der Waals surface area contributed by atoms with Gasteiger partial charge in [-0.3, -0.25) is 4.98 Å². The number of benzene rings is 1. The molecule has 0 aliphatic carbocycles. The highest BCUT2D eigenvalue weighted by Crippen LogP contribution is 2.27. The molecule has 2 aromatic rings. The van der Waals surface area contributed by atoms with Gasteiger partial charge in [0.1, 0.15) is 4.60 Å². The number of nitrogens with zero attached hydrogens (tertiary/aromatic N) is 2.